The quantitative estimate of drug-likeness (QED) is 0.303. The number of benzene rings is 3. The molecule has 0 amide bonds. The van der Waals surface area contributed by atoms with Gasteiger partial charge in [-0.05, 0) is 24.3 Å². The van der Waals surface area contributed by atoms with Gasteiger partial charge in [-0.3, -0.25) is 0 Å². The maximum Gasteiger partial charge on any atom is 0.183 e. The first kappa shape index (κ1) is 15.6. The lowest BCUT2D eigenvalue weighted by Crippen LogP contribution is -2.13. The van der Waals surface area contributed by atoms with E-state index in [9.17, 15) is 17.6 Å². The Hall–Kier alpha value is -1.92. The second kappa shape index (κ2) is 5.86. The molecule has 1 heterocycles. The third-order valence-electron chi connectivity index (χ3n) is 3.61. The zero-order valence-electron chi connectivity index (χ0n) is 12.0. The fourth-order valence-electron chi connectivity index (χ4n) is 2.55. The van der Waals surface area contributed by atoms with Crippen molar-refractivity contribution in [1.29, 1.82) is 0 Å². The molecule has 0 fully saturated rings. The van der Waals surface area contributed by atoms with Crippen LogP contribution in [0.15, 0.2) is 79.1 Å². The van der Waals surface area contributed by atoms with Gasteiger partial charge in [0.15, 0.2) is 38.0 Å². The lowest BCUT2D eigenvalue weighted by atomic mass is 10.3. The summed E-state index contributed by atoms with van der Waals surface area (Å²) in [5, 5.41) is 0. The molecule has 6 heteroatoms. The van der Waals surface area contributed by atoms with Crippen LogP contribution in [0, 0.1) is 23.3 Å². The largest absolute Gasteiger partial charge is 0.204 e. The number of fused-ring (bicyclic) bond motifs is 2. The fraction of sp³-hybridized carbons (Fsp3) is 0. The van der Waals surface area contributed by atoms with Crippen LogP contribution >= 0.6 is 11.8 Å². The zero-order chi connectivity index (χ0) is 16.8. The molecule has 3 aromatic carbocycles. The zero-order valence-corrected chi connectivity index (χ0v) is 13.7. The van der Waals surface area contributed by atoms with E-state index in [1.54, 1.807) is 0 Å². The van der Waals surface area contributed by atoms with E-state index in [4.69, 9.17) is 0 Å². The summed E-state index contributed by atoms with van der Waals surface area (Å²) in [4.78, 5) is 3.00. The first-order valence-electron chi connectivity index (χ1n) is 7.00. The summed E-state index contributed by atoms with van der Waals surface area (Å²) >= 11 is 1.12. The first-order valence-corrected chi connectivity index (χ1v) is 9.04. The first-order chi connectivity index (χ1) is 11.5. The smallest absolute Gasteiger partial charge is 0.183 e. The standard InChI is InChI=1S/C18H9F4S2/c19-11-6-15-17(8-13(11)21)24(10-4-2-1-3-5-10)18-9-14(22)12(20)7-16(18)23-15/h1-9H/q+1. The predicted octanol–water partition coefficient (Wildman–Crippen LogP) is 5.80. The van der Waals surface area contributed by atoms with Gasteiger partial charge in [-0.15, -0.1) is 0 Å². The van der Waals surface area contributed by atoms with Gasteiger partial charge in [-0.2, -0.15) is 0 Å². The summed E-state index contributed by atoms with van der Waals surface area (Å²) in [5.41, 5.74) is 0. The van der Waals surface area contributed by atoms with Crippen molar-refractivity contribution in [3.8, 4) is 0 Å². The van der Waals surface area contributed by atoms with Crippen LogP contribution in [0.5, 0.6) is 0 Å². The Bertz CT molecular complexity index is 884. The number of hydrogen-bond donors (Lipinski definition) is 0. The summed E-state index contributed by atoms with van der Waals surface area (Å²) in [6, 6.07) is 13.7. The number of hydrogen-bond acceptors (Lipinski definition) is 1. The van der Waals surface area contributed by atoms with E-state index in [-0.39, 0.29) is 0 Å². The average molecular weight is 365 g/mol. The Balaban J connectivity index is 2.01. The molecule has 1 aliphatic heterocycles. The molecule has 120 valence electrons. The minimum absolute atomic E-state index is 0.514. The molecule has 0 saturated carbocycles. The molecule has 0 radical (unpaired) electrons. The van der Waals surface area contributed by atoms with Crippen molar-refractivity contribution in [3.63, 3.8) is 0 Å². The van der Waals surface area contributed by atoms with Gasteiger partial charge < -0.3 is 0 Å². The van der Waals surface area contributed by atoms with Gasteiger partial charge in [0.1, 0.15) is 10.9 Å². The van der Waals surface area contributed by atoms with E-state index in [1.807, 2.05) is 30.3 Å². The van der Waals surface area contributed by atoms with Crippen molar-refractivity contribution < 1.29 is 17.6 Å². The molecule has 0 aliphatic carbocycles. The topological polar surface area (TPSA) is 0 Å². The van der Waals surface area contributed by atoms with Crippen LogP contribution in [-0.2, 0) is 10.9 Å². The molecule has 0 atom stereocenters. The average Bonchev–Trinajstić information content (AvgIpc) is 2.57. The van der Waals surface area contributed by atoms with Crippen molar-refractivity contribution in [3.05, 3.63) is 77.9 Å². The Morgan fingerprint density at radius 2 is 1.08 bits per heavy atom. The van der Waals surface area contributed by atoms with Crippen LogP contribution in [-0.4, -0.2) is 0 Å². The van der Waals surface area contributed by atoms with Crippen LogP contribution < -0.4 is 0 Å². The molecule has 0 bridgehead atoms. The van der Waals surface area contributed by atoms with Crippen molar-refractivity contribution in [2.24, 2.45) is 0 Å². The summed E-state index contributed by atoms with van der Waals surface area (Å²) in [7, 11) is -0.829. The Morgan fingerprint density at radius 3 is 1.58 bits per heavy atom. The number of rotatable bonds is 1. The van der Waals surface area contributed by atoms with Gasteiger partial charge in [-0.25, -0.2) is 17.6 Å². The highest BCUT2D eigenvalue weighted by atomic mass is 32.2. The Morgan fingerprint density at radius 1 is 0.625 bits per heavy atom. The molecule has 0 unspecified atom stereocenters. The maximum atomic E-state index is 13.8. The molecule has 0 N–H and O–H groups in total. The van der Waals surface area contributed by atoms with Crippen molar-refractivity contribution in [2.75, 3.05) is 0 Å². The van der Waals surface area contributed by atoms with Gasteiger partial charge in [0, 0.05) is 12.1 Å². The summed E-state index contributed by atoms with van der Waals surface area (Å²) < 4.78 is 54.9. The van der Waals surface area contributed by atoms with Gasteiger partial charge in [0.2, 0.25) is 0 Å². The van der Waals surface area contributed by atoms with Crippen molar-refractivity contribution in [2.45, 2.75) is 24.5 Å². The highest BCUT2D eigenvalue weighted by molar-refractivity contribution is 8.04. The third-order valence-corrected chi connectivity index (χ3v) is 7.28. The Kier molecular flexibility index (Phi) is 3.81. The van der Waals surface area contributed by atoms with Crippen molar-refractivity contribution >= 4 is 22.7 Å². The van der Waals surface area contributed by atoms with Crippen molar-refractivity contribution in [1.82, 2.24) is 0 Å². The second-order valence-electron chi connectivity index (χ2n) is 5.15. The molecule has 0 saturated heterocycles. The fourth-order valence-corrected chi connectivity index (χ4v) is 6.31. The van der Waals surface area contributed by atoms with E-state index >= 15 is 0 Å². The van der Waals surface area contributed by atoms with E-state index in [0.29, 0.717) is 19.6 Å². The lowest BCUT2D eigenvalue weighted by molar-refractivity contribution is 0.499. The monoisotopic (exact) mass is 365 g/mol. The lowest BCUT2D eigenvalue weighted by Gasteiger charge is -2.19. The van der Waals surface area contributed by atoms with Crippen LogP contribution in [0.25, 0.3) is 0 Å². The molecule has 3 aromatic rings. The minimum atomic E-state index is -0.955. The maximum absolute atomic E-state index is 13.8. The molecule has 4 rings (SSSR count). The highest BCUT2D eigenvalue weighted by Crippen LogP contribution is 2.49. The Labute approximate surface area is 142 Å². The molecular weight excluding hydrogens is 356 g/mol. The molecular formula is C18H9F4S2+. The second-order valence-corrected chi connectivity index (χ2v) is 8.19. The minimum Gasteiger partial charge on any atom is -0.204 e. The normalized spacial score (nSPS) is 13.5. The van der Waals surface area contributed by atoms with E-state index in [1.165, 1.54) is 0 Å². The van der Waals surface area contributed by atoms with Gasteiger partial charge in [0.25, 0.3) is 0 Å². The molecule has 0 spiro atoms. The van der Waals surface area contributed by atoms with Crippen LogP contribution in [0.2, 0.25) is 0 Å². The van der Waals surface area contributed by atoms with E-state index < -0.39 is 34.2 Å². The molecule has 24 heavy (non-hydrogen) atoms. The molecule has 0 aromatic heterocycles. The summed E-state index contributed by atoms with van der Waals surface area (Å²) in [6.45, 7) is 0. The predicted molar refractivity (Wildman–Crippen MR) is 85.4 cm³/mol. The SMILES string of the molecule is Fc1cc2c(cc1F)[S+](c1ccccc1)c1cc(F)c(F)cc1S2. The molecule has 1 aliphatic rings. The van der Waals surface area contributed by atoms with Gasteiger partial charge >= 0.3 is 0 Å². The van der Waals surface area contributed by atoms with Crippen LogP contribution in [0.3, 0.4) is 0 Å². The summed E-state index contributed by atoms with van der Waals surface area (Å²) in [5.74, 6) is -3.81. The number of halogens is 4. The van der Waals surface area contributed by atoms with Crippen LogP contribution in [0.1, 0.15) is 0 Å². The van der Waals surface area contributed by atoms with E-state index in [2.05, 4.69) is 0 Å². The van der Waals surface area contributed by atoms with Gasteiger partial charge in [0.05, 0.1) is 9.79 Å². The third kappa shape index (κ3) is 2.50. The van der Waals surface area contributed by atoms with Gasteiger partial charge in [-0.1, -0.05) is 30.0 Å². The van der Waals surface area contributed by atoms with E-state index in [0.717, 1.165) is 40.9 Å². The van der Waals surface area contributed by atoms with Crippen LogP contribution in [0.4, 0.5) is 17.6 Å². The molecule has 0 nitrogen and oxygen atoms in total. The summed E-state index contributed by atoms with van der Waals surface area (Å²) in [6.07, 6.45) is 0. The highest BCUT2D eigenvalue weighted by Gasteiger charge is 2.40.